The van der Waals surface area contributed by atoms with E-state index in [4.69, 9.17) is 0 Å². The van der Waals surface area contributed by atoms with Crippen LogP contribution in [0.1, 0.15) is 61.6 Å². The first-order valence-electron chi connectivity index (χ1n) is 11.3. The van der Waals surface area contributed by atoms with Gasteiger partial charge in [0, 0.05) is 47.8 Å². The van der Waals surface area contributed by atoms with Crippen molar-refractivity contribution in [3.05, 3.63) is 46.0 Å². The van der Waals surface area contributed by atoms with Crippen LogP contribution >= 0.6 is 0 Å². The number of allylic oxidation sites excluding steroid dienone is 2. The van der Waals surface area contributed by atoms with E-state index in [0.717, 1.165) is 12.1 Å². The fraction of sp³-hybridized carbons (Fsp3) is 0.481. The highest BCUT2D eigenvalue weighted by atomic mass is 19.3. The maximum atomic E-state index is 15.3. The van der Waals surface area contributed by atoms with Gasteiger partial charge in [0.15, 0.2) is 0 Å². The Hall–Kier alpha value is -3.08. The van der Waals surface area contributed by atoms with Gasteiger partial charge >= 0.3 is 17.8 Å². The molecule has 10 heteroatoms. The van der Waals surface area contributed by atoms with Crippen LogP contribution in [-0.2, 0) is 14.1 Å². The number of rotatable bonds is 2. The summed E-state index contributed by atoms with van der Waals surface area (Å²) in [6.45, 7) is 8.22. The Balaban J connectivity index is 2.43. The molecule has 1 aliphatic rings. The van der Waals surface area contributed by atoms with Gasteiger partial charge in [-0.15, -0.1) is 0 Å². The predicted molar refractivity (Wildman–Crippen MR) is 128 cm³/mol. The smallest absolute Gasteiger partial charge is 0.378 e. The molecule has 1 aliphatic carbocycles. The Labute approximate surface area is 211 Å². The molecule has 0 bridgehead atoms. The molecule has 2 aromatic rings. The number of halogens is 6. The van der Waals surface area contributed by atoms with Gasteiger partial charge in [0.2, 0.25) is 0 Å². The highest BCUT2D eigenvalue weighted by Crippen LogP contribution is 2.65. The largest absolute Gasteiger partial charge is 0.380 e. The molecule has 0 saturated heterocycles. The first kappa shape index (κ1) is 28.5. The van der Waals surface area contributed by atoms with E-state index < -0.39 is 51.2 Å². The van der Waals surface area contributed by atoms with Crippen molar-refractivity contribution in [3.63, 3.8) is 0 Å². The average Bonchev–Trinajstić information content (AvgIpc) is 3.20. The first-order valence-corrected chi connectivity index (χ1v) is 11.3. The van der Waals surface area contributed by atoms with Crippen LogP contribution in [0.2, 0.25) is 0 Å². The van der Waals surface area contributed by atoms with Crippen LogP contribution in [0.5, 0.6) is 0 Å². The molecule has 0 aromatic carbocycles. The molecular weight excluding hydrogens is 498 g/mol. The molecule has 2 aromatic heterocycles. The molecule has 0 radical (unpaired) electrons. The average molecular weight is 527 g/mol. The van der Waals surface area contributed by atoms with Gasteiger partial charge in [0.1, 0.15) is 11.2 Å². The van der Waals surface area contributed by atoms with Crippen molar-refractivity contribution >= 4 is 11.1 Å². The lowest BCUT2D eigenvalue weighted by molar-refractivity contribution is -0.254. The molecular formula is C27H28F6N2O2. The van der Waals surface area contributed by atoms with Crippen LogP contribution in [-0.4, -0.2) is 48.3 Å². The zero-order valence-corrected chi connectivity index (χ0v) is 21.7. The van der Waals surface area contributed by atoms with Gasteiger partial charge in [-0.2, -0.15) is 26.3 Å². The van der Waals surface area contributed by atoms with Gasteiger partial charge in [-0.05, 0) is 65.5 Å². The van der Waals surface area contributed by atoms with Crippen molar-refractivity contribution in [2.24, 2.45) is 14.1 Å². The lowest BCUT2D eigenvalue weighted by atomic mass is 9.94. The van der Waals surface area contributed by atoms with Crippen LogP contribution < -0.4 is 0 Å². The zero-order chi connectivity index (χ0) is 28.5. The first-order chi connectivity index (χ1) is 16.5. The maximum Gasteiger partial charge on any atom is 0.380 e. The Bertz CT molecular complexity index is 1320. The summed E-state index contributed by atoms with van der Waals surface area (Å²) in [6, 6.07) is 2.09. The normalized spacial score (nSPS) is 18.4. The second-order valence-corrected chi connectivity index (χ2v) is 10.3. The van der Waals surface area contributed by atoms with Crippen molar-refractivity contribution in [2.75, 3.05) is 0 Å². The summed E-state index contributed by atoms with van der Waals surface area (Å²) < 4.78 is 93.4. The van der Waals surface area contributed by atoms with Gasteiger partial charge in [0.05, 0.1) is 11.4 Å². The van der Waals surface area contributed by atoms with E-state index in [2.05, 4.69) is 23.7 Å². The van der Waals surface area contributed by atoms with E-state index in [1.807, 2.05) is 0 Å². The summed E-state index contributed by atoms with van der Waals surface area (Å²) in [6.07, 6.45) is 0. The summed E-state index contributed by atoms with van der Waals surface area (Å²) in [5, 5.41) is 19.8. The number of nitrogens with zero attached hydrogens (tertiary/aromatic N) is 2. The van der Waals surface area contributed by atoms with Crippen molar-refractivity contribution in [2.45, 2.75) is 70.5 Å². The fourth-order valence-electron chi connectivity index (χ4n) is 4.01. The van der Waals surface area contributed by atoms with E-state index in [1.165, 1.54) is 64.8 Å². The van der Waals surface area contributed by atoms with Crippen molar-refractivity contribution in [3.8, 4) is 23.7 Å². The molecule has 2 heterocycles. The molecule has 2 N–H and O–H groups in total. The molecule has 37 heavy (non-hydrogen) atoms. The third-order valence-electron chi connectivity index (χ3n) is 6.27. The lowest BCUT2D eigenvalue weighted by Gasteiger charge is -2.25. The van der Waals surface area contributed by atoms with Gasteiger partial charge in [-0.3, -0.25) is 0 Å². The van der Waals surface area contributed by atoms with Gasteiger partial charge in [0.25, 0.3) is 0 Å². The third-order valence-corrected chi connectivity index (χ3v) is 6.27. The molecule has 200 valence electrons. The molecule has 0 atom stereocenters. The fourth-order valence-corrected chi connectivity index (χ4v) is 4.01. The molecule has 0 fully saturated rings. The van der Waals surface area contributed by atoms with E-state index in [-0.39, 0.29) is 22.8 Å². The monoisotopic (exact) mass is 526 g/mol. The van der Waals surface area contributed by atoms with Crippen molar-refractivity contribution in [1.29, 1.82) is 0 Å². The van der Waals surface area contributed by atoms with E-state index in [1.54, 1.807) is 0 Å². The molecule has 0 spiro atoms. The molecule has 4 nitrogen and oxygen atoms in total. The minimum Gasteiger partial charge on any atom is -0.378 e. The van der Waals surface area contributed by atoms with Gasteiger partial charge in [-0.25, -0.2) is 0 Å². The van der Waals surface area contributed by atoms with Crippen LogP contribution in [0.15, 0.2) is 12.1 Å². The lowest BCUT2D eigenvalue weighted by Crippen LogP contribution is -2.49. The van der Waals surface area contributed by atoms with E-state index in [0.29, 0.717) is 0 Å². The van der Waals surface area contributed by atoms with Crippen LogP contribution in [0.4, 0.5) is 26.3 Å². The standard InChI is InChI=1S/C27H28F6N2O2/c1-15-19(13-17(34(15)7)9-11-23(3,4)36)21-22(26(30,31)27(32,33)25(21,28)29)20-14-18(35(8)16(20)2)10-12-24(5,6)37/h13-14,36-37H,1-8H3. The maximum absolute atomic E-state index is 15.3. The van der Waals surface area contributed by atoms with Gasteiger partial charge < -0.3 is 19.3 Å². The van der Waals surface area contributed by atoms with Gasteiger partial charge in [-0.1, -0.05) is 11.8 Å². The quantitative estimate of drug-likeness (QED) is 0.425. The minimum atomic E-state index is -5.72. The van der Waals surface area contributed by atoms with Crippen molar-refractivity contribution < 1.29 is 36.6 Å². The molecule has 0 amide bonds. The number of aliphatic hydroxyl groups is 2. The zero-order valence-electron chi connectivity index (χ0n) is 21.7. The number of aromatic nitrogens is 2. The molecule has 0 saturated carbocycles. The predicted octanol–water partition coefficient (Wildman–Crippen LogP) is 5.06. The topological polar surface area (TPSA) is 50.3 Å². The molecule has 0 aliphatic heterocycles. The molecule has 3 rings (SSSR count). The SMILES string of the molecule is Cc1c(C2=C(c3cc(C#CC(C)(C)O)n(C)c3C)C(F)(F)C(F)(F)C2(F)F)cc(C#CC(C)(C)O)n1C. The highest BCUT2D eigenvalue weighted by molar-refractivity contribution is 6.02. The van der Waals surface area contributed by atoms with Crippen LogP contribution in [0.3, 0.4) is 0 Å². The van der Waals surface area contributed by atoms with Crippen molar-refractivity contribution in [1.82, 2.24) is 9.13 Å². The number of hydrogen-bond donors (Lipinski definition) is 2. The Morgan fingerprint density at radius 1 is 0.676 bits per heavy atom. The van der Waals surface area contributed by atoms with E-state index >= 15 is 17.6 Å². The number of alkyl halides is 6. The summed E-state index contributed by atoms with van der Waals surface area (Å²) in [5.74, 6) is -5.98. The second-order valence-electron chi connectivity index (χ2n) is 10.3. The summed E-state index contributed by atoms with van der Waals surface area (Å²) in [7, 11) is 2.85. The Kier molecular flexibility index (Phi) is 6.52. The minimum absolute atomic E-state index is 0.0105. The third kappa shape index (κ3) is 4.58. The summed E-state index contributed by atoms with van der Waals surface area (Å²) in [4.78, 5) is 0. The highest BCUT2D eigenvalue weighted by Gasteiger charge is 2.80. The summed E-state index contributed by atoms with van der Waals surface area (Å²) >= 11 is 0. The van der Waals surface area contributed by atoms with Crippen LogP contribution in [0, 0.1) is 37.5 Å². The Morgan fingerprint density at radius 2 is 0.973 bits per heavy atom. The molecule has 0 unspecified atom stereocenters. The van der Waals surface area contributed by atoms with Crippen LogP contribution in [0.25, 0.3) is 11.1 Å². The number of hydrogen-bond acceptors (Lipinski definition) is 2. The Morgan fingerprint density at radius 3 is 1.24 bits per heavy atom. The second kappa shape index (κ2) is 8.47. The summed E-state index contributed by atoms with van der Waals surface area (Å²) in [5.41, 5.74) is -6.74. The van der Waals surface area contributed by atoms with E-state index in [9.17, 15) is 19.0 Å².